The average Bonchev–Trinajstić information content (AvgIpc) is 2.71. The van der Waals surface area contributed by atoms with Gasteiger partial charge in [0.25, 0.3) is 11.8 Å². The molecule has 7 heteroatoms. The summed E-state index contributed by atoms with van der Waals surface area (Å²) in [4.78, 5) is 35.4. The van der Waals surface area contributed by atoms with Crippen LogP contribution in [0.2, 0.25) is 0 Å². The lowest BCUT2D eigenvalue weighted by Gasteiger charge is -2.09. The van der Waals surface area contributed by atoms with Crippen molar-refractivity contribution in [3.05, 3.63) is 59.7 Å². The van der Waals surface area contributed by atoms with Crippen LogP contribution < -0.4 is 14.8 Å². The first-order valence-corrected chi connectivity index (χ1v) is 8.29. The van der Waals surface area contributed by atoms with Crippen LogP contribution in [0.3, 0.4) is 0 Å². The van der Waals surface area contributed by atoms with Crippen molar-refractivity contribution in [1.29, 1.82) is 0 Å². The summed E-state index contributed by atoms with van der Waals surface area (Å²) >= 11 is 0. The van der Waals surface area contributed by atoms with Crippen molar-refractivity contribution in [2.45, 2.75) is 12.8 Å². The van der Waals surface area contributed by atoms with Crippen molar-refractivity contribution < 1.29 is 28.6 Å². The van der Waals surface area contributed by atoms with E-state index >= 15 is 0 Å². The average molecular weight is 371 g/mol. The molecule has 142 valence electrons. The smallest absolute Gasteiger partial charge is 0.306 e. The maximum Gasteiger partial charge on any atom is 0.306 e. The fourth-order valence-electron chi connectivity index (χ4n) is 2.33. The molecule has 0 fully saturated rings. The SMILES string of the molecule is COc1ccc(CCC(=O)OCC(=O)NC(=O)c2ccccc2)cc1OC. The molecule has 1 N–H and O–H groups in total. The topological polar surface area (TPSA) is 90.9 Å². The predicted molar refractivity (Wildman–Crippen MR) is 97.7 cm³/mol. The van der Waals surface area contributed by atoms with Crippen molar-refractivity contribution in [1.82, 2.24) is 5.32 Å². The Morgan fingerprint density at radius 1 is 0.926 bits per heavy atom. The van der Waals surface area contributed by atoms with Crippen LogP contribution in [0.1, 0.15) is 22.3 Å². The highest BCUT2D eigenvalue weighted by Gasteiger charge is 2.13. The van der Waals surface area contributed by atoms with Crippen molar-refractivity contribution in [2.24, 2.45) is 0 Å². The van der Waals surface area contributed by atoms with Crippen LogP contribution in [0.5, 0.6) is 11.5 Å². The zero-order valence-electron chi connectivity index (χ0n) is 15.2. The van der Waals surface area contributed by atoms with E-state index in [9.17, 15) is 14.4 Å². The number of amides is 2. The quantitative estimate of drug-likeness (QED) is 0.715. The number of methoxy groups -OCH3 is 2. The molecule has 7 nitrogen and oxygen atoms in total. The summed E-state index contributed by atoms with van der Waals surface area (Å²) in [7, 11) is 3.08. The molecule has 0 saturated heterocycles. The van der Waals surface area contributed by atoms with E-state index in [0.717, 1.165) is 5.56 Å². The van der Waals surface area contributed by atoms with Crippen molar-refractivity contribution in [3.8, 4) is 11.5 Å². The Bertz CT molecular complexity index is 803. The van der Waals surface area contributed by atoms with Crippen LogP contribution in [0, 0.1) is 0 Å². The number of aryl methyl sites for hydroxylation is 1. The molecule has 0 saturated carbocycles. The second-order valence-electron chi connectivity index (χ2n) is 5.59. The lowest BCUT2D eigenvalue weighted by Crippen LogP contribution is -2.34. The number of nitrogens with one attached hydrogen (secondary N) is 1. The summed E-state index contributed by atoms with van der Waals surface area (Å²) in [5.41, 5.74) is 1.22. The number of rotatable bonds is 8. The van der Waals surface area contributed by atoms with Crippen LogP contribution in [0.25, 0.3) is 0 Å². The number of hydrogen-bond donors (Lipinski definition) is 1. The first kappa shape index (κ1) is 20.0. The second kappa shape index (κ2) is 9.96. The fourth-order valence-corrected chi connectivity index (χ4v) is 2.33. The molecule has 0 bridgehead atoms. The molecule has 27 heavy (non-hydrogen) atoms. The molecular weight excluding hydrogens is 350 g/mol. The van der Waals surface area contributed by atoms with Gasteiger partial charge in [-0.1, -0.05) is 24.3 Å². The van der Waals surface area contributed by atoms with Crippen LogP contribution in [0.4, 0.5) is 0 Å². The van der Waals surface area contributed by atoms with Gasteiger partial charge in [0, 0.05) is 12.0 Å². The number of hydrogen-bond acceptors (Lipinski definition) is 6. The minimum absolute atomic E-state index is 0.0927. The minimum Gasteiger partial charge on any atom is -0.493 e. The highest BCUT2D eigenvalue weighted by molar-refractivity contribution is 6.05. The zero-order valence-corrected chi connectivity index (χ0v) is 15.2. The molecular formula is C20H21NO6. The standard InChI is InChI=1S/C20H21NO6/c1-25-16-10-8-14(12-17(16)26-2)9-11-19(23)27-13-18(22)21-20(24)15-6-4-3-5-7-15/h3-8,10,12H,9,11,13H2,1-2H3,(H,21,22,24). The third-order valence-corrected chi connectivity index (χ3v) is 3.72. The van der Waals surface area contributed by atoms with Gasteiger partial charge in [0.2, 0.25) is 0 Å². The first-order chi connectivity index (χ1) is 13.0. The Hall–Kier alpha value is -3.35. The number of benzene rings is 2. The highest BCUT2D eigenvalue weighted by atomic mass is 16.5. The molecule has 0 aliphatic carbocycles. The Labute approximate surface area is 157 Å². The summed E-state index contributed by atoms with van der Waals surface area (Å²) in [5.74, 6) is -0.580. The minimum atomic E-state index is -0.677. The van der Waals surface area contributed by atoms with Crippen LogP contribution in [-0.4, -0.2) is 38.6 Å². The molecule has 2 amide bonds. The highest BCUT2D eigenvalue weighted by Crippen LogP contribution is 2.27. The van der Waals surface area contributed by atoms with E-state index in [4.69, 9.17) is 14.2 Å². The van der Waals surface area contributed by atoms with Gasteiger partial charge in [-0.3, -0.25) is 19.7 Å². The second-order valence-corrected chi connectivity index (χ2v) is 5.59. The molecule has 0 aromatic heterocycles. The molecule has 2 aromatic rings. The van der Waals surface area contributed by atoms with Gasteiger partial charge in [0.05, 0.1) is 14.2 Å². The summed E-state index contributed by atoms with van der Waals surface area (Å²) in [6, 6.07) is 13.6. The van der Waals surface area contributed by atoms with Gasteiger partial charge in [-0.2, -0.15) is 0 Å². The van der Waals surface area contributed by atoms with Gasteiger partial charge in [-0.25, -0.2) is 0 Å². The third-order valence-electron chi connectivity index (χ3n) is 3.72. The predicted octanol–water partition coefficient (Wildman–Crippen LogP) is 2.14. The van der Waals surface area contributed by atoms with E-state index in [1.807, 2.05) is 6.07 Å². The van der Waals surface area contributed by atoms with E-state index in [0.29, 0.717) is 23.5 Å². The van der Waals surface area contributed by atoms with Gasteiger partial charge in [0.1, 0.15) is 0 Å². The van der Waals surface area contributed by atoms with Crippen molar-refractivity contribution in [3.63, 3.8) is 0 Å². The van der Waals surface area contributed by atoms with E-state index in [2.05, 4.69) is 5.32 Å². The molecule has 0 spiro atoms. The molecule has 2 rings (SSSR count). The molecule has 0 aliphatic heterocycles. The van der Waals surface area contributed by atoms with Crippen molar-refractivity contribution in [2.75, 3.05) is 20.8 Å². The molecule has 2 aromatic carbocycles. The van der Waals surface area contributed by atoms with Gasteiger partial charge in [-0.05, 0) is 36.2 Å². The van der Waals surface area contributed by atoms with Crippen molar-refractivity contribution >= 4 is 17.8 Å². The van der Waals surface area contributed by atoms with Gasteiger partial charge < -0.3 is 14.2 Å². The van der Waals surface area contributed by atoms with Crippen LogP contribution >= 0.6 is 0 Å². The zero-order chi connectivity index (χ0) is 19.6. The van der Waals surface area contributed by atoms with E-state index < -0.39 is 24.4 Å². The summed E-state index contributed by atoms with van der Waals surface area (Å²) < 4.78 is 15.3. The van der Waals surface area contributed by atoms with E-state index in [1.54, 1.807) is 49.6 Å². The molecule has 0 heterocycles. The largest absolute Gasteiger partial charge is 0.493 e. The lowest BCUT2D eigenvalue weighted by atomic mass is 10.1. The Morgan fingerprint density at radius 2 is 1.63 bits per heavy atom. The summed E-state index contributed by atoms with van der Waals surface area (Å²) in [6.45, 7) is -0.511. The van der Waals surface area contributed by atoms with Crippen LogP contribution in [-0.2, 0) is 20.7 Å². The summed E-state index contributed by atoms with van der Waals surface area (Å²) in [5, 5.41) is 2.17. The maximum absolute atomic E-state index is 11.8. The number of carbonyl (C=O) groups excluding carboxylic acids is 3. The number of ether oxygens (including phenoxy) is 3. The Balaban J connectivity index is 1.76. The molecule has 0 unspecified atom stereocenters. The van der Waals surface area contributed by atoms with Crippen LogP contribution in [0.15, 0.2) is 48.5 Å². The normalized spacial score (nSPS) is 10.0. The Morgan fingerprint density at radius 3 is 2.30 bits per heavy atom. The number of carbonyl (C=O) groups is 3. The molecule has 0 atom stereocenters. The van der Waals surface area contributed by atoms with Gasteiger partial charge in [0.15, 0.2) is 18.1 Å². The maximum atomic E-state index is 11.8. The number of esters is 1. The van der Waals surface area contributed by atoms with E-state index in [1.165, 1.54) is 7.11 Å². The summed E-state index contributed by atoms with van der Waals surface area (Å²) in [6.07, 6.45) is 0.513. The lowest BCUT2D eigenvalue weighted by molar-refractivity contribution is -0.148. The first-order valence-electron chi connectivity index (χ1n) is 8.29. The van der Waals surface area contributed by atoms with Gasteiger partial charge in [-0.15, -0.1) is 0 Å². The molecule has 0 radical (unpaired) electrons. The van der Waals surface area contributed by atoms with E-state index in [-0.39, 0.29) is 6.42 Å². The van der Waals surface area contributed by atoms with Gasteiger partial charge >= 0.3 is 5.97 Å². The monoisotopic (exact) mass is 371 g/mol. The molecule has 0 aliphatic rings. The fraction of sp³-hybridized carbons (Fsp3) is 0.250. The number of imide groups is 1. The Kier molecular flexibility index (Phi) is 7.37. The third kappa shape index (κ3) is 6.14.